The van der Waals surface area contributed by atoms with Crippen LogP contribution in [0, 0.1) is 0 Å². The van der Waals surface area contributed by atoms with Gasteiger partial charge < -0.3 is 9.51 Å². The van der Waals surface area contributed by atoms with Gasteiger partial charge >= 0.3 is 0 Å². The van der Waals surface area contributed by atoms with Gasteiger partial charge in [0.1, 0.15) is 0 Å². The van der Waals surface area contributed by atoms with E-state index in [9.17, 15) is 9.36 Å². The minimum Gasteiger partial charge on any atom is -0.359 e. The molecule has 0 radical (unpaired) electrons. The molecule has 6 heteroatoms. The van der Waals surface area contributed by atoms with Crippen LogP contribution in [0.1, 0.15) is 6.92 Å². The highest BCUT2D eigenvalue weighted by Crippen LogP contribution is 2.41. The molecule has 3 rings (SSSR count). The van der Waals surface area contributed by atoms with Crippen molar-refractivity contribution in [1.82, 2.24) is 9.97 Å². The zero-order chi connectivity index (χ0) is 15.0. The van der Waals surface area contributed by atoms with Crippen molar-refractivity contribution in [3.63, 3.8) is 0 Å². The minimum absolute atomic E-state index is 0.0491. The first-order valence-electron chi connectivity index (χ1n) is 6.66. The lowest BCUT2D eigenvalue weighted by Crippen LogP contribution is -2.08. The van der Waals surface area contributed by atoms with Crippen LogP contribution in [0.4, 0.5) is 0 Å². The van der Waals surface area contributed by atoms with Crippen LogP contribution < -0.4 is 10.7 Å². The summed E-state index contributed by atoms with van der Waals surface area (Å²) in [5.41, 5.74) is 1.33. The molecule has 2 aromatic heterocycles. The molecule has 0 aliphatic rings. The molecule has 5 nitrogen and oxygen atoms in total. The Morgan fingerprint density at radius 3 is 2.90 bits per heavy atom. The van der Waals surface area contributed by atoms with E-state index in [1.54, 1.807) is 25.1 Å². The van der Waals surface area contributed by atoms with Gasteiger partial charge in [0.05, 0.1) is 22.9 Å². The number of rotatable bonds is 3. The first-order valence-corrected chi connectivity index (χ1v) is 8.73. The van der Waals surface area contributed by atoms with Gasteiger partial charge in [-0.2, -0.15) is 0 Å². The minimum atomic E-state index is -2.85. The fourth-order valence-electron chi connectivity index (χ4n) is 2.38. The van der Waals surface area contributed by atoms with E-state index in [-0.39, 0.29) is 5.43 Å². The van der Waals surface area contributed by atoms with E-state index in [4.69, 9.17) is 4.52 Å². The Labute approximate surface area is 121 Å². The molecule has 1 unspecified atom stereocenters. The highest BCUT2D eigenvalue weighted by atomic mass is 31.2. The first-order chi connectivity index (χ1) is 10.0. The predicted octanol–water partition coefficient (Wildman–Crippen LogP) is 2.65. The number of hydrogen-bond acceptors (Lipinski definition) is 4. The molecule has 0 aliphatic carbocycles. The molecule has 21 heavy (non-hydrogen) atoms. The maximum absolute atomic E-state index is 12.5. The van der Waals surface area contributed by atoms with E-state index in [0.717, 1.165) is 5.39 Å². The number of H-pyrrole nitrogens is 1. The van der Waals surface area contributed by atoms with Crippen molar-refractivity contribution in [2.24, 2.45) is 0 Å². The van der Waals surface area contributed by atoms with Gasteiger partial charge in [0.25, 0.3) is 0 Å². The molecule has 2 heterocycles. The normalized spacial score (nSPS) is 14.4. The second-order valence-corrected chi connectivity index (χ2v) is 7.33. The Morgan fingerprint density at radius 1 is 1.33 bits per heavy atom. The molecule has 0 aliphatic heterocycles. The summed E-state index contributed by atoms with van der Waals surface area (Å²) in [5, 5.41) is 1.99. The standard InChI is InChI=1S/C15H15N2O3P/c1-3-20-21(2,19)11-8-10-4-5-12-13(18)6-7-16-15(12)14(10)17-9-11/h4-9H,3H2,1-2H3,(H,16,18). The molecule has 0 saturated heterocycles. The van der Waals surface area contributed by atoms with Crippen molar-refractivity contribution in [1.29, 1.82) is 0 Å². The number of aromatic nitrogens is 2. The summed E-state index contributed by atoms with van der Waals surface area (Å²) >= 11 is 0. The van der Waals surface area contributed by atoms with Gasteiger partial charge in [-0.1, -0.05) is 6.07 Å². The summed E-state index contributed by atoms with van der Waals surface area (Å²) in [7, 11) is -2.85. The smallest absolute Gasteiger partial charge is 0.230 e. The van der Waals surface area contributed by atoms with E-state index in [1.807, 2.05) is 19.1 Å². The van der Waals surface area contributed by atoms with E-state index >= 15 is 0 Å². The number of aromatic amines is 1. The lowest BCUT2D eigenvalue weighted by Gasteiger charge is -2.13. The van der Waals surface area contributed by atoms with Crippen molar-refractivity contribution in [3.05, 3.63) is 46.9 Å². The SMILES string of the molecule is CCOP(C)(=O)c1cnc2c(ccc3c(=O)cc[nH]c32)c1. The Balaban J connectivity index is 2.27. The molecule has 108 valence electrons. The second kappa shape index (κ2) is 5.10. The maximum atomic E-state index is 12.5. The molecule has 0 spiro atoms. The van der Waals surface area contributed by atoms with Crippen LogP contribution in [0.2, 0.25) is 0 Å². The third-order valence-electron chi connectivity index (χ3n) is 3.41. The lowest BCUT2D eigenvalue weighted by molar-refractivity contribution is 0.345. The van der Waals surface area contributed by atoms with E-state index in [0.29, 0.717) is 28.3 Å². The van der Waals surface area contributed by atoms with E-state index < -0.39 is 7.37 Å². The number of fused-ring (bicyclic) bond motifs is 3. The molecule has 0 bridgehead atoms. The average Bonchev–Trinajstić information content (AvgIpc) is 2.46. The molecular formula is C15H15N2O3P. The van der Waals surface area contributed by atoms with Gasteiger partial charge in [0.2, 0.25) is 7.37 Å². The molecule has 0 fully saturated rings. The fraction of sp³-hybridized carbons (Fsp3) is 0.200. The van der Waals surface area contributed by atoms with Crippen molar-refractivity contribution in [2.75, 3.05) is 13.3 Å². The first kappa shape index (κ1) is 14.0. The van der Waals surface area contributed by atoms with Crippen LogP contribution >= 0.6 is 7.37 Å². The lowest BCUT2D eigenvalue weighted by atomic mass is 10.1. The van der Waals surface area contributed by atoms with Gasteiger partial charge in [-0.15, -0.1) is 0 Å². The number of pyridine rings is 2. The Kier molecular flexibility index (Phi) is 3.40. The number of nitrogens with zero attached hydrogens (tertiary/aromatic N) is 1. The van der Waals surface area contributed by atoms with Crippen LogP contribution in [0.5, 0.6) is 0 Å². The van der Waals surface area contributed by atoms with E-state index in [1.165, 1.54) is 6.07 Å². The van der Waals surface area contributed by atoms with Crippen LogP contribution in [0.25, 0.3) is 21.8 Å². The molecule has 1 atom stereocenters. The number of benzene rings is 1. The molecule has 1 N–H and O–H groups in total. The summed E-state index contributed by atoms with van der Waals surface area (Å²) in [6.45, 7) is 3.78. The molecule has 0 saturated carbocycles. The van der Waals surface area contributed by atoms with Crippen LogP contribution in [0.3, 0.4) is 0 Å². The van der Waals surface area contributed by atoms with Gasteiger partial charge in [-0.05, 0) is 19.1 Å². The summed E-state index contributed by atoms with van der Waals surface area (Å²) in [5.74, 6) is 0. The highest BCUT2D eigenvalue weighted by molar-refractivity contribution is 7.66. The van der Waals surface area contributed by atoms with Crippen molar-refractivity contribution in [3.8, 4) is 0 Å². The zero-order valence-electron chi connectivity index (χ0n) is 11.8. The summed E-state index contributed by atoms with van der Waals surface area (Å²) < 4.78 is 17.8. The van der Waals surface area contributed by atoms with Crippen molar-refractivity contribution < 1.29 is 9.09 Å². The number of hydrogen-bond donors (Lipinski definition) is 1. The van der Waals surface area contributed by atoms with Crippen molar-refractivity contribution >= 4 is 34.5 Å². The van der Waals surface area contributed by atoms with Crippen LogP contribution in [0.15, 0.2) is 41.5 Å². The highest BCUT2D eigenvalue weighted by Gasteiger charge is 2.19. The Morgan fingerprint density at radius 2 is 2.14 bits per heavy atom. The van der Waals surface area contributed by atoms with Gasteiger partial charge in [-0.3, -0.25) is 14.3 Å². The number of nitrogens with one attached hydrogen (secondary N) is 1. The van der Waals surface area contributed by atoms with Crippen LogP contribution in [-0.2, 0) is 9.09 Å². The molecule has 0 amide bonds. The summed E-state index contributed by atoms with van der Waals surface area (Å²) in [6.07, 6.45) is 3.16. The Bertz CT molecular complexity index is 933. The third-order valence-corrected chi connectivity index (χ3v) is 5.34. The third kappa shape index (κ3) is 2.39. The van der Waals surface area contributed by atoms with Gasteiger partial charge in [0.15, 0.2) is 5.43 Å². The summed E-state index contributed by atoms with van der Waals surface area (Å²) in [4.78, 5) is 19.3. The fourth-order valence-corrected chi connectivity index (χ4v) is 3.66. The predicted molar refractivity (Wildman–Crippen MR) is 84.7 cm³/mol. The molecular weight excluding hydrogens is 287 g/mol. The maximum Gasteiger partial charge on any atom is 0.230 e. The van der Waals surface area contributed by atoms with Crippen LogP contribution in [-0.4, -0.2) is 23.2 Å². The summed E-state index contributed by atoms with van der Waals surface area (Å²) in [6, 6.07) is 6.86. The van der Waals surface area contributed by atoms with E-state index in [2.05, 4.69) is 9.97 Å². The topological polar surface area (TPSA) is 72.0 Å². The van der Waals surface area contributed by atoms with Crippen molar-refractivity contribution in [2.45, 2.75) is 6.92 Å². The monoisotopic (exact) mass is 302 g/mol. The van der Waals surface area contributed by atoms with Gasteiger partial charge in [0, 0.05) is 35.9 Å². The largest absolute Gasteiger partial charge is 0.359 e. The molecule has 3 aromatic rings. The molecule has 1 aromatic carbocycles. The second-order valence-electron chi connectivity index (χ2n) is 4.86. The van der Waals surface area contributed by atoms with Gasteiger partial charge in [-0.25, -0.2) is 0 Å². The Hall–Kier alpha value is -1.97. The quantitative estimate of drug-likeness (QED) is 0.596. The average molecular weight is 302 g/mol. The zero-order valence-corrected chi connectivity index (χ0v) is 12.7.